The molecule has 1 N–H and O–H groups in total. The molecule has 1 aliphatic rings. The van der Waals surface area contributed by atoms with E-state index in [1.54, 1.807) is 25.1 Å². The van der Waals surface area contributed by atoms with Gasteiger partial charge in [-0.1, -0.05) is 18.2 Å². The molecule has 1 aromatic heterocycles. The first-order valence-corrected chi connectivity index (χ1v) is 9.04. The van der Waals surface area contributed by atoms with E-state index >= 15 is 0 Å². The Morgan fingerprint density at radius 1 is 1.35 bits per heavy atom. The van der Waals surface area contributed by atoms with E-state index in [4.69, 9.17) is 4.74 Å². The first-order chi connectivity index (χ1) is 12.6. The van der Waals surface area contributed by atoms with Crippen LogP contribution in [0.25, 0.3) is 10.9 Å². The number of hydrogen-bond donors (Lipinski definition) is 1. The van der Waals surface area contributed by atoms with Crippen molar-refractivity contribution < 1.29 is 9.53 Å². The van der Waals surface area contributed by atoms with Crippen LogP contribution in [0.15, 0.2) is 29.1 Å². The van der Waals surface area contributed by atoms with Gasteiger partial charge >= 0.3 is 5.69 Å². The van der Waals surface area contributed by atoms with Gasteiger partial charge in [0.25, 0.3) is 5.91 Å². The van der Waals surface area contributed by atoms with Crippen LogP contribution in [0, 0.1) is 5.92 Å². The fraction of sp³-hybridized carbons (Fsp3) is 0.526. The van der Waals surface area contributed by atoms with Crippen LogP contribution < -0.4 is 5.69 Å². The van der Waals surface area contributed by atoms with Gasteiger partial charge < -0.3 is 19.5 Å². The van der Waals surface area contributed by atoms with Crippen molar-refractivity contribution in [3.05, 3.63) is 40.4 Å². The molecule has 140 valence electrons. The monoisotopic (exact) mass is 358 g/mol. The molecule has 0 atom stereocenters. The standard InChI is InChI=1S/C19H26N4O3/c1-22(13-14-7-9-23(10-8-14)11-12-26-2)18(24)17-15-5-3-4-6-16(15)20-19(25)21-17/h3-6,14H,7-13H2,1-2H3,(H,20,21,25). The van der Waals surface area contributed by atoms with E-state index < -0.39 is 5.69 Å². The Morgan fingerprint density at radius 3 is 2.81 bits per heavy atom. The number of likely N-dealkylation sites (tertiary alicyclic amines) is 1. The molecule has 0 spiro atoms. The number of fused-ring (bicyclic) bond motifs is 1. The molecule has 0 radical (unpaired) electrons. The van der Waals surface area contributed by atoms with Gasteiger partial charge in [0.1, 0.15) is 5.69 Å². The van der Waals surface area contributed by atoms with Crippen molar-refractivity contribution in [3.8, 4) is 0 Å². The van der Waals surface area contributed by atoms with Crippen LogP contribution in [0.5, 0.6) is 0 Å². The van der Waals surface area contributed by atoms with E-state index in [9.17, 15) is 9.59 Å². The third-order valence-corrected chi connectivity index (χ3v) is 5.04. The number of carbonyl (C=O) groups excluding carboxylic acids is 1. The molecule has 2 heterocycles. The zero-order chi connectivity index (χ0) is 18.5. The normalized spacial score (nSPS) is 16.1. The lowest BCUT2D eigenvalue weighted by Crippen LogP contribution is -2.40. The smallest absolute Gasteiger partial charge is 0.346 e. The molecule has 0 aliphatic carbocycles. The Hall–Kier alpha value is -2.25. The average Bonchev–Trinajstić information content (AvgIpc) is 2.66. The maximum absolute atomic E-state index is 12.9. The number of H-pyrrole nitrogens is 1. The number of benzene rings is 1. The van der Waals surface area contributed by atoms with Gasteiger partial charge in [-0.3, -0.25) is 4.79 Å². The van der Waals surface area contributed by atoms with Gasteiger partial charge in [0.2, 0.25) is 0 Å². The summed E-state index contributed by atoms with van der Waals surface area (Å²) in [5, 5.41) is 0.679. The fourth-order valence-electron chi connectivity index (χ4n) is 3.53. The number of hydrogen-bond acceptors (Lipinski definition) is 5. The lowest BCUT2D eigenvalue weighted by atomic mass is 9.96. The average molecular weight is 358 g/mol. The molecule has 3 rings (SSSR count). The fourth-order valence-corrected chi connectivity index (χ4v) is 3.53. The molecule has 0 bridgehead atoms. The van der Waals surface area contributed by atoms with E-state index in [1.165, 1.54) is 0 Å². The Balaban J connectivity index is 1.65. The quantitative estimate of drug-likeness (QED) is 0.843. The number of piperidine rings is 1. The number of aromatic nitrogens is 2. The largest absolute Gasteiger partial charge is 0.383 e. The maximum Gasteiger partial charge on any atom is 0.346 e. The van der Waals surface area contributed by atoms with Gasteiger partial charge in [-0.15, -0.1) is 0 Å². The highest BCUT2D eigenvalue weighted by atomic mass is 16.5. The van der Waals surface area contributed by atoms with E-state index in [1.807, 2.05) is 18.2 Å². The minimum absolute atomic E-state index is 0.200. The molecule has 1 saturated heterocycles. The molecule has 1 aliphatic heterocycles. The van der Waals surface area contributed by atoms with E-state index in [0.717, 1.165) is 39.1 Å². The zero-order valence-electron chi connectivity index (χ0n) is 15.4. The van der Waals surface area contributed by atoms with Crippen molar-refractivity contribution in [2.75, 3.05) is 46.9 Å². The first-order valence-electron chi connectivity index (χ1n) is 9.04. The van der Waals surface area contributed by atoms with Crippen molar-refractivity contribution in [1.82, 2.24) is 19.8 Å². The number of para-hydroxylation sites is 1. The molecule has 7 heteroatoms. The van der Waals surface area contributed by atoms with Crippen molar-refractivity contribution >= 4 is 16.8 Å². The molecule has 26 heavy (non-hydrogen) atoms. The highest BCUT2D eigenvalue weighted by molar-refractivity contribution is 6.03. The van der Waals surface area contributed by atoms with Crippen LogP contribution in [0.1, 0.15) is 23.3 Å². The molecule has 7 nitrogen and oxygen atoms in total. The van der Waals surface area contributed by atoms with E-state index in [-0.39, 0.29) is 11.6 Å². The summed E-state index contributed by atoms with van der Waals surface area (Å²) >= 11 is 0. The Morgan fingerprint density at radius 2 is 2.08 bits per heavy atom. The highest BCUT2D eigenvalue weighted by Gasteiger charge is 2.24. The predicted molar refractivity (Wildman–Crippen MR) is 100 cm³/mol. The third kappa shape index (κ3) is 4.28. The summed E-state index contributed by atoms with van der Waals surface area (Å²) in [6.07, 6.45) is 2.12. The summed E-state index contributed by atoms with van der Waals surface area (Å²) in [7, 11) is 3.51. The molecule has 0 saturated carbocycles. The highest BCUT2D eigenvalue weighted by Crippen LogP contribution is 2.20. The zero-order valence-corrected chi connectivity index (χ0v) is 15.4. The van der Waals surface area contributed by atoms with Crippen LogP contribution in [0.3, 0.4) is 0 Å². The minimum Gasteiger partial charge on any atom is -0.383 e. The van der Waals surface area contributed by atoms with Gasteiger partial charge in [-0.05, 0) is 37.9 Å². The lowest BCUT2D eigenvalue weighted by Gasteiger charge is -2.33. The van der Waals surface area contributed by atoms with E-state index in [2.05, 4.69) is 14.9 Å². The lowest BCUT2D eigenvalue weighted by molar-refractivity contribution is 0.0720. The summed E-state index contributed by atoms with van der Waals surface area (Å²) in [6, 6.07) is 7.26. The Bertz CT molecular complexity index is 812. The molecule has 1 fully saturated rings. The molecule has 0 unspecified atom stereocenters. The van der Waals surface area contributed by atoms with E-state index in [0.29, 0.717) is 23.4 Å². The second-order valence-corrected chi connectivity index (χ2v) is 6.90. The Labute approximate surface area is 153 Å². The molecular weight excluding hydrogens is 332 g/mol. The van der Waals surface area contributed by atoms with Gasteiger partial charge in [0.15, 0.2) is 0 Å². The second-order valence-electron chi connectivity index (χ2n) is 6.90. The number of ether oxygens (including phenoxy) is 1. The third-order valence-electron chi connectivity index (χ3n) is 5.04. The van der Waals surface area contributed by atoms with Crippen molar-refractivity contribution in [2.24, 2.45) is 5.92 Å². The number of rotatable bonds is 6. The molecule has 1 amide bonds. The number of nitrogens with one attached hydrogen (secondary N) is 1. The molecule has 2 aromatic rings. The predicted octanol–water partition coefficient (Wildman–Crippen LogP) is 1.35. The summed E-state index contributed by atoms with van der Waals surface area (Å²) in [5.74, 6) is 0.269. The van der Waals surface area contributed by atoms with Crippen LogP contribution in [0.4, 0.5) is 0 Å². The SMILES string of the molecule is COCCN1CCC(CN(C)C(=O)c2nc(=O)[nH]c3ccccc23)CC1. The van der Waals surface area contributed by atoms with Crippen LogP contribution in [-0.2, 0) is 4.74 Å². The van der Waals surface area contributed by atoms with Crippen LogP contribution in [0.2, 0.25) is 0 Å². The van der Waals surface area contributed by atoms with Crippen molar-refractivity contribution in [2.45, 2.75) is 12.8 Å². The number of carbonyl (C=O) groups is 1. The summed E-state index contributed by atoms with van der Waals surface area (Å²) < 4.78 is 5.13. The Kier molecular flexibility index (Phi) is 6.00. The van der Waals surface area contributed by atoms with Gasteiger partial charge in [-0.2, -0.15) is 4.98 Å². The molecular formula is C19H26N4O3. The van der Waals surface area contributed by atoms with Crippen LogP contribution in [-0.4, -0.2) is 72.6 Å². The second kappa shape index (κ2) is 8.42. The number of nitrogens with zero attached hydrogens (tertiary/aromatic N) is 3. The number of aromatic amines is 1. The molecule has 1 aromatic carbocycles. The number of amides is 1. The van der Waals surface area contributed by atoms with Gasteiger partial charge in [0, 0.05) is 32.6 Å². The van der Waals surface area contributed by atoms with Gasteiger partial charge in [-0.25, -0.2) is 4.79 Å². The van der Waals surface area contributed by atoms with Crippen molar-refractivity contribution in [1.29, 1.82) is 0 Å². The van der Waals surface area contributed by atoms with Gasteiger partial charge in [0.05, 0.1) is 12.1 Å². The van der Waals surface area contributed by atoms with Crippen LogP contribution >= 0.6 is 0 Å². The number of methoxy groups -OCH3 is 1. The topological polar surface area (TPSA) is 78.5 Å². The van der Waals surface area contributed by atoms with Crippen molar-refractivity contribution in [3.63, 3.8) is 0 Å². The summed E-state index contributed by atoms with van der Waals surface area (Å²) in [5.41, 5.74) is 0.368. The minimum atomic E-state index is -0.494. The first kappa shape index (κ1) is 18.5. The maximum atomic E-state index is 12.9. The summed E-state index contributed by atoms with van der Waals surface area (Å²) in [6.45, 7) is 4.45. The summed E-state index contributed by atoms with van der Waals surface area (Å²) in [4.78, 5) is 35.4.